The molecule has 0 aliphatic rings. The number of carbonyl (C=O) groups is 1. The standard InChI is InChI=1S/C8H9NOS.C2H4/c1-3-7(4-2)5-8(10)11-6-9;1-2/h3-4H,1,5H2,2H3;1-2H2/b7-4+;. The maximum atomic E-state index is 10.8. The first-order chi connectivity index (χ1) is 6.24. The molecule has 0 aliphatic carbocycles. The molecule has 0 aromatic heterocycles. The van der Waals surface area contributed by atoms with Gasteiger partial charge >= 0.3 is 0 Å². The van der Waals surface area contributed by atoms with Crippen molar-refractivity contribution in [3.63, 3.8) is 0 Å². The van der Waals surface area contributed by atoms with Crippen LogP contribution in [0.25, 0.3) is 0 Å². The summed E-state index contributed by atoms with van der Waals surface area (Å²) in [6, 6.07) is 0. The predicted octanol–water partition coefficient (Wildman–Crippen LogP) is 3.05. The van der Waals surface area contributed by atoms with Crippen LogP contribution in [0.5, 0.6) is 0 Å². The van der Waals surface area contributed by atoms with E-state index in [9.17, 15) is 4.79 Å². The van der Waals surface area contributed by atoms with Gasteiger partial charge < -0.3 is 0 Å². The van der Waals surface area contributed by atoms with Crippen LogP contribution in [0, 0.1) is 10.7 Å². The van der Waals surface area contributed by atoms with E-state index in [2.05, 4.69) is 19.7 Å². The van der Waals surface area contributed by atoms with Gasteiger partial charge in [0, 0.05) is 18.2 Å². The van der Waals surface area contributed by atoms with Crippen molar-refractivity contribution in [2.24, 2.45) is 0 Å². The van der Waals surface area contributed by atoms with E-state index in [0.29, 0.717) is 11.8 Å². The quantitative estimate of drug-likeness (QED) is 0.395. The molecule has 0 bridgehead atoms. The molecule has 0 atom stereocenters. The van der Waals surface area contributed by atoms with E-state index in [1.54, 1.807) is 11.5 Å². The summed E-state index contributed by atoms with van der Waals surface area (Å²) in [6.07, 6.45) is 3.72. The number of carbonyl (C=O) groups excluding carboxylic acids is 1. The van der Waals surface area contributed by atoms with Crippen LogP contribution in [0.15, 0.2) is 37.5 Å². The van der Waals surface area contributed by atoms with Crippen molar-refractivity contribution in [1.82, 2.24) is 0 Å². The van der Waals surface area contributed by atoms with Gasteiger partial charge in [-0.3, -0.25) is 4.79 Å². The first-order valence-corrected chi connectivity index (χ1v) is 4.42. The van der Waals surface area contributed by atoms with Crippen molar-refractivity contribution in [2.45, 2.75) is 13.3 Å². The summed E-state index contributed by atoms with van der Waals surface area (Å²) in [6.45, 7) is 11.4. The number of hydrogen-bond donors (Lipinski definition) is 0. The second kappa shape index (κ2) is 10.7. The van der Waals surface area contributed by atoms with E-state index in [1.165, 1.54) is 0 Å². The van der Waals surface area contributed by atoms with E-state index in [0.717, 1.165) is 5.57 Å². The summed E-state index contributed by atoms with van der Waals surface area (Å²) in [5.74, 6) is 0. The Morgan fingerprint density at radius 2 is 2.15 bits per heavy atom. The lowest BCUT2D eigenvalue weighted by Gasteiger charge is -1.94. The van der Waals surface area contributed by atoms with Crippen molar-refractivity contribution in [3.05, 3.63) is 37.5 Å². The summed E-state index contributed by atoms with van der Waals surface area (Å²) < 4.78 is 0. The Labute approximate surface area is 83.6 Å². The number of nitrogens with zero attached hydrogens (tertiary/aromatic N) is 1. The number of nitriles is 1. The Hall–Kier alpha value is -1.27. The Kier molecular flexibility index (Phi) is 11.8. The summed E-state index contributed by atoms with van der Waals surface area (Å²) in [4.78, 5) is 10.8. The molecule has 0 N–H and O–H groups in total. The van der Waals surface area contributed by atoms with Gasteiger partial charge in [-0.15, -0.1) is 13.2 Å². The van der Waals surface area contributed by atoms with Gasteiger partial charge in [-0.2, -0.15) is 5.26 Å². The molecule has 13 heavy (non-hydrogen) atoms. The van der Waals surface area contributed by atoms with Gasteiger partial charge in [0.25, 0.3) is 0 Å². The fourth-order valence-electron chi connectivity index (χ4n) is 0.546. The largest absolute Gasteiger partial charge is 0.286 e. The maximum Gasteiger partial charge on any atom is 0.207 e. The molecule has 0 unspecified atom stereocenters. The van der Waals surface area contributed by atoms with E-state index in [-0.39, 0.29) is 11.5 Å². The minimum Gasteiger partial charge on any atom is -0.286 e. The predicted molar refractivity (Wildman–Crippen MR) is 58.0 cm³/mol. The summed E-state index contributed by atoms with van der Waals surface area (Å²) in [5, 5.41) is 9.73. The Morgan fingerprint density at radius 3 is 2.46 bits per heavy atom. The van der Waals surface area contributed by atoms with Gasteiger partial charge in [0.1, 0.15) is 5.40 Å². The number of thiocyanates is 1. The van der Waals surface area contributed by atoms with E-state index in [1.807, 2.05) is 13.0 Å². The highest BCUT2D eigenvalue weighted by Gasteiger charge is 2.02. The van der Waals surface area contributed by atoms with E-state index >= 15 is 0 Å². The lowest BCUT2D eigenvalue weighted by Crippen LogP contribution is -1.90. The molecule has 0 aromatic rings. The topological polar surface area (TPSA) is 40.9 Å². The minimum absolute atomic E-state index is 0.138. The van der Waals surface area contributed by atoms with Crippen LogP contribution in [0.2, 0.25) is 0 Å². The molecule has 0 heterocycles. The third-order valence-electron chi connectivity index (χ3n) is 1.14. The van der Waals surface area contributed by atoms with Gasteiger partial charge in [-0.05, 0) is 12.5 Å². The number of hydrogen-bond acceptors (Lipinski definition) is 3. The number of thioether (sulfide) groups is 1. The van der Waals surface area contributed by atoms with Crippen LogP contribution < -0.4 is 0 Å². The van der Waals surface area contributed by atoms with Crippen LogP contribution in [-0.2, 0) is 4.79 Å². The van der Waals surface area contributed by atoms with Crippen molar-refractivity contribution >= 4 is 16.9 Å². The van der Waals surface area contributed by atoms with Gasteiger partial charge in [0.05, 0.1) is 0 Å². The molecular formula is C10H13NOS. The molecule has 70 valence electrons. The molecule has 0 saturated carbocycles. The fraction of sp³-hybridized carbons (Fsp3) is 0.200. The summed E-state index contributed by atoms with van der Waals surface area (Å²) >= 11 is 0.668. The molecule has 0 rings (SSSR count). The highest BCUT2D eigenvalue weighted by molar-refractivity contribution is 8.17. The Morgan fingerprint density at radius 1 is 1.62 bits per heavy atom. The smallest absolute Gasteiger partial charge is 0.207 e. The zero-order chi connectivity index (χ0) is 10.7. The van der Waals surface area contributed by atoms with E-state index in [4.69, 9.17) is 5.26 Å². The van der Waals surface area contributed by atoms with Crippen LogP contribution in [0.4, 0.5) is 0 Å². The average molecular weight is 195 g/mol. The normalized spacial score (nSPS) is 9.08. The van der Waals surface area contributed by atoms with Crippen LogP contribution in [0.1, 0.15) is 13.3 Å². The maximum absolute atomic E-state index is 10.8. The van der Waals surface area contributed by atoms with Crippen LogP contribution >= 0.6 is 11.8 Å². The lowest BCUT2D eigenvalue weighted by atomic mass is 10.2. The Bertz CT molecular complexity index is 238. The van der Waals surface area contributed by atoms with Gasteiger partial charge in [-0.1, -0.05) is 18.7 Å². The average Bonchev–Trinajstić information content (AvgIpc) is 2.18. The molecule has 0 radical (unpaired) electrons. The lowest BCUT2D eigenvalue weighted by molar-refractivity contribution is -0.110. The van der Waals surface area contributed by atoms with Crippen LogP contribution in [0.3, 0.4) is 0 Å². The highest BCUT2D eigenvalue weighted by atomic mass is 32.2. The first kappa shape index (κ1) is 14.3. The molecule has 0 spiro atoms. The summed E-state index contributed by atoms with van der Waals surface area (Å²) in [7, 11) is 0. The molecule has 0 aromatic carbocycles. The molecule has 0 amide bonds. The molecule has 0 saturated heterocycles. The van der Waals surface area contributed by atoms with Gasteiger partial charge in [-0.25, -0.2) is 0 Å². The second-order valence-corrected chi connectivity index (χ2v) is 2.65. The van der Waals surface area contributed by atoms with E-state index < -0.39 is 0 Å². The molecule has 3 heteroatoms. The molecule has 2 nitrogen and oxygen atoms in total. The molecule has 0 aliphatic heterocycles. The SMILES string of the molecule is C=C.C=C/C(=C\C)CC(=O)SC#N. The molecular weight excluding hydrogens is 182 g/mol. The third-order valence-corrected chi connectivity index (χ3v) is 1.60. The second-order valence-electron chi connectivity index (χ2n) is 1.81. The highest BCUT2D eigenvalue weighted by Crippen LogP contribution is 2.10. The number of rotatable bonds is 3. The van der Waals surface area contributed by atoms with Crippen LogP contribution in [-0.4, -0.2) is 5.12 Å². The zero-order valence-corrected chi connectivity index (χ0v) is 8.56. The van der Waals surface area contributed by atoms with Crippen molar-refractivity contribution < 1.29 is 4.79 Å². The molecule has 0 fully saturated rings. The van der Waals surface area contributed by atoms with Crippen molar-refractivity contribution in [2.75, 3.05) is 0 Å². The first-order valence-electron chi connectivity index (χ1n) is 3.61. The fourth-order valence-corrected chi connectivity index (χ4v) is 0.886. The Balaban J connectivity index is 0. The zero-order valence-electron chi connectivity index (χ0n) is 7.75. The van der Waals surface area contributed by atoms with Crippen molar-refractivity contribution in [1.29, 1.82) is 5.26 Å². The van der Waals surface area contributed by atoms with Crippen molar-refractivity contribution in [3.8, 4) is 5.40 Å². The third kappa shape index (κ3) is 8.64. The number of allylic oxidation sites excluding steroid dienone is 3. The monoisotopic (exact) mass is 195 g/mol. The minimum atomic E-state index is -0.138. The van der Waals surface area contributed by atoms with Gasteiger partial charge in [0.15, 0.2) is 0 Å². The van der Waals surface area contributed by atoms with Gasteiger partial charge in [0.2, 0.25) is 5.12 Å². The summed E-state index contributed by atoms with van der Waals surface area (Å²) in [5.41, 5.74) is 0.859.